The van der Waals surface area contributed by atoms with E-state index in [1.54, 1.807) is 0 Å². The Labute approximate surface area is 119 Å². The van der Waals surface area contributed by atoms with Crippen LogP contribution in [0.2, 0.25) is 0 Å². The van der Waals surface area contributed by atoms with Crippen molar-refractivity contribution in [2.45, 2.75) is 37.9 Å². The summed E-state index contributed by atoms with van der Waals surface area (Å²) in [6.07, 6.45) is -4.44. The highest BCUT2D eigenvalue weighted by atomic mass is 79.9. The zero-order valence-corrected chi connectivity index (χ0v) is 12.3. The van der Waals surface area contributed by atoms with Gasteiger partial charge in [-0.25, -0.2) is 0 Å². The molecule has 0 aromatic heterocycles. The van der Waals surface area contributed by atoms with Gasteiger partial charge in [-0.1, -0.05) is 22.0 Å². The van der Waals surface area contributed by atoms with Gasteiger partial charge in [-0.3, -0.25) is 0 Å². The second kappa shape index (κ2) is 6.61. The van der Waals surface area contributed by atoms with Crippen molar-refractivity contribution in [2.75, 3.05) is 11.9 Å². The molecule has 0 aliphatic heterocycles. The molecule has 3 N–H and O–H groups in total. The number of benzene rings is 1. The lowest BCUT2D eigenvalue weighted by Crippen LogP contribution is -2.42. The van der Waals surface area contributed by atoms with Gasteiger partial charge in [-0.05, 0) is 38.0 Å². The Morgan fingerprint density at radius 3 is 2.47 bits per heavy atom. The molecule has 1 aromatic carbocycles. The van der Waals surface area contributed by atoms with Crippen LogP contribution in [0, 0.1) is 0 Å². The van der Waals surface area contributed by atoms with E-state index >= 15 is 0 Å². The molecular formula is C13H18BrF3N2. The van der Waals surface area contributed by atoms with Crippen LogP contribution in [0.1, 0.15) is 26.2 Å². The fourth-order valence-corrected chi connectivity index (χ4v) is 2.21. The highest BCUT2D eigenvalue weighted by molar-refractivity contribution is 9.10. The Morgan fingerprint density at radius 1 is 1.26 bits per heavy atom. The summed E-state index contributed by atoms with van der Waals surface area (Å²) in [6, 6.07) is 7.48. The van der Waals surface area contributed by atoms with Crippen molar-refractivity contribution in [1.29, 1.82) is 0 Å². The zero-order chi connectivity index (χ0) is 14.5. The topological polar surface area (TPSA) is 38.0 Å². The molecule has 0 saturated heterocycles. The lowest BCUT2D eigenvalue weighted by Gasteiger charge is -2.31. The van der Waals surface area contributed by atoms with E-state index in [0.29, 0.717) is 6.42 Å². The third-order valence-corrected chi connectivity index (χ3v) is 3.40. The molecule has 0 aliphatic carbocycles. The van der Waals surface area contributed by atoms with Crippen LogP contribution in [-0.4, -0.2) is 18.3 Å². The van der Waals surface area contributed by atoms with E-state index in [-0.39, 0.29) is 13.0 Å². The number of rotatable bonds is 6. The van der Waals surface area contributed by atoms with E-state index < -0.39 is 18.1 Å². The van der Waals surface area contributed by atoms with Crippen LogP contribution in [0.3, 0.4) is 0 Å². The molecule has 6 heteroatoms. The van der Waals surface area contributed by atoms with Crippen molar-refractivity contribution in [1.82, 2.24) is 0 Å². The first-order valence-corrected chi connectivity index (χ1v) is 6.84. The first-order valence-electron chi connectivity index (χ1n) is 6.05. The predicted octanol–water partition coefficient (Wildman–Crippen LogP) is 4.31. The summed E-state index contributed by atoms with van der Waals surface area (Å²) in [6.45, 7) is 2.11. The smallest absolute Gasteiger partial charge is 0.379 e. The Bertz CT molecular complexity index is 409. The van der Waals surface area contributed by atoms with Crippen LogP contribution in [-0.2, 0) is 0 Å². The van der Waals surface area contributed by atoms with Crippen molar-refractivity contribution < 1.29 is 13.2 Å². The minimum Gasteiger partial charge on any atom is -0.379 e. The van der Waals surface area contributed by atoms with Crippen LogP contribution in [0.25, 0.3) is 0 Å². The summed E-state index contributed by atoms with van der Waals surface area (Å²) in [4.78, 5) is 0. The summed E-state index contributed by atoms with van der Waals surface area (Å²) in [5.41, 5.74) is 5.99. The van der Waals surface area contributed by atoms with Crippen LogP contribution >= 0.6 is 15.9 Å². The average Bonchev–Trinajstić information content (AvgIpc) is 2.27. The Morgan fingerprint density at radius 2 is 1.95 bits per heavy atom. The van der Waals surface area contributed by atoms with Gasteiger partial charge < -0.3 is 11.1 Å². The Balaban J connectivity index is 2.60. The van der Waals surface area contributed by atoms with Gasteiger partial charge in [0.25, 0.3) is 0 Å². The zero-order valence-electron chi connectivity index (χ0n) is 10.7. The van der Waals surface area contributed by atoms with Gasteiger partial charge in [-0.15, -0.1) is 0 Å². The van der Waals surface area contributed by atoms with E-state index in [0.717, 1.165) is 10.2 Å². The number of hydrogen-bond donors (Lipinski definition) is 2. The van der Waals surface area contributed by atoms with Crippen LogP contribution in [0.4, 0.5) is 18.9 Å². The van der Waals surface area contributed by atoms with Crippen LogP contribution in [0.5, 0.6) is 0 Å². The number of nitrogens with two attached hydrogens (primary N) is 1. The molecule has 1 aromatic rings. The molecule has 0 spiro atoms. The number of halogens is 4. The summed E-state index contributed by atoms with van der Waals surface area (Å²) in [7, 11) is 0. The SMILES string of the molecule is CC(CN)(CCCC(F)(F)F)Nc1cccc(Br)c1. The fraction of sp³-hybridized carbons (Fsp3) is 0.538. The van der Waals surface area contributed by atoms with E-state index in [1.165, 1.54) is 0 Å². The maximum Gasteiger partial charge on any atom is 0.389 e. The van der Waals surface area contributed by atoms with E-state index in [1.807, 2.05) is 31.2 Å². The second-order valence-corrected chi connectivity index (χ2v) is 5.78. The molecule has 0 amide bonds. The molecule has 0 aliphatic rings. The van der Waals surface area contributed by atoms with Crippen molar-refractivity contribution >= 4 is 21.6 Å². The minimum atomic E-state index is -4.11. The van der Waals surface area contributed by atoms with E-state index in [2.05, 4.69) is 21.2 Å². The first-order chi connectivity index (χ1) is 8.74. The minimum absolute atomic E-state index is 0.0677. The molecule has 1 unspecified atom stereocenters. The fourth-order valence-electron chi connectivity index (χ4n) is 1.81. The molecule has 1 rings (SSSR count). The van der Waals surface area contributed by atoms with Gasteiger partial charge in [0, 0.05) is 28.7 Å². The molecular weight excluding hydrogens is 321 g/mol. The molecule has 0 fully saturated rings. The average molecular weight is 339 g/mol. The van der Waals surface area contributed by atoms with Crippen molar-refractivity contribution in [3.05, 3.63) is 28.7 Å². The number of alkyl halides is 3. The van der Waals surface area contributed by atoms with Crippen LogP contribution in [0.15, 0.2) is 28.7 Å². The third-order valence-electron chi connectivity index (χ3n) is 2.91. The van der Waals surface area contributed by atoms with Crippen LogP contribution < -0.4 is 11.1 Å². The largest absolute Gasteiger partial charge is 0.389 e. The highest BCUT2D eigenvalue weighted by Gasteiger charge is 2.29. The summed E-state index contributed by atoms with van der Waals surface area (Å²) < 4.78 is 37.4. The van der Waals surface area contributed by atoms with Crippen molar-refractivity contribution in [2.24, 2.45) is 5.73 Å². The van der Waals surface area contributed by atoms with Gasteiger partial charge in [0.05, 0.1) is 0 Å². The number of hydrogen-bond acceptors (Lipinski definition) is 2. The van der Waals surface area contributed by atoms with Crippen molar-refractivity contribution in [3.63, 3.8) is 0 Å². The van der Waals surface area contributed by atoms with E-state index in [9.17, 15) is 13.2 Å². The van der Waals surface area contributed by atoms with Gasteiger partial charge in [0.15, 0.2) is 0 Å². The molecule has 2 nitrogen and oxygen atoms in total. The lowest BCUT2D eigenvalue weighted by atomic mass is 9.94. The Hall–Kier alpha value is -0.750. The third kappa shape index (κ3) is 6.29. The predicted molar refractivity (Wildman–Crippen MR) is 75.1 cm³/mol. The standard InChI is InChI=1S/C13H18BrF3N2/c1-12(9-18,6-3-7-13(15,16)17)19-11-5-2-4-10(14)8-11/h2,4-5,8,19H,3,6-7,9,18H2,1H3. The van der Waals surface area contributed by atoms with Gasteiger partial charge in [0.2, 0.25) is 0 Å². The number of anilines is 1. The first kappa shape index (κ1) is 16.3. The molecule has 19 heavy (non-hydrogen) atoms. The molecule has 0 radical (unpaired) electrons. The monoisotopic (exact) mass is 338 g/mol. The molecule has 0 bridgehead atoms. The van der Waals surface area contributed by atoms with E-state index in [4.69, 9.17) is 5.73 Å². The molecule has 108 valence electrons. The summed E-state index contributed by atoms with van der Waals surface area (Å²) in [5, 5.41) is 3.21. The lowest BCUT2D eigenvalue weighted by molar-refractivity contribution is -0.136. The van der Waals surface area contributed by atoms with Crippen molar-refractivity contribution in [3.8, 4) is 0 Å². The maximum absolute atomic E-state index is 12.2. The summed E-state index contributed by atoms with van der Waals surface area (Å²) >= 11 is 3.35. The van der Waals surface area contributed by atoms with Gasteiger partial charge >= 0.3 is 6.18 Å². The number of nitrogens with one attached hydrogen (secondary N) is 1. The summed E-state index contributed by atoms with van der Waals surface area (Å²) in [5.74, 6) is 0. The Kier molecular flexibility index (Phi) is 5.67. The highest BCUT2D eigenvalue weighted by Crippen LogP contribution is 2.27. The molecule has 0 saturated carbocycles. The normalized spacial score (nSPS) is 15.1. The second-order valence-electron chi connectivity index (χ2n) is 4.87. The van der Waals surface area contributed by atoms with Gasteiger partial charge in [0.1, 0.15) is 0 Å². The molecule has 1 atom stereocenters. The molecule has 0 heterocycles. The van der Waals surface area contributed by atoms with Gasteiger partial charge in [-0.2, -0.15) is 13.2 Å². The quantitative estimate of drug-likeness (QED) is 0.810. The maximum atomic E-state index is 12.2.